The van der Waals surface area contributed by atoms with Gasteiger partial charge in [0, 0.05) is 56.6 Å². The molecule has 3 atom stereocenters. The third kappa shape index (κ3) is 6.97. The minimum atomic E-state index is -4.65. The van der Waals surface area contributed by atoms with Crippen molar-refractivity contribution >= 4 is 15.9 Å². The van der Waals surface area contributed by atoms with E-state index in [1.807, 2.05) is 34.8 Å². The fourth-order valence-electron chi connectivity index (χ4n) is 7.22. The van der Waals surface area contributed by atoms with Crippen LogP contribution in [0, 0.1) is 0 Å². The molecule has 0 bridgehead atoms. The van der Waals surface area contributed by atoms with E-state index in [-0.39, 0.29) is 31.3 Å². The second-order valence-electron chi connectivity index (χ2n) is 12.5. The summed E-state index contributed by atoms with van der Waals surface area (Å²) in [6, 6.07) is 8.13. The van der Waals surface area contributed by atoms with Gasteiger partial charge < -0.3 is 19.3 Å². The van der Waals surface area contributed by atoms with Crippen LogP contribution in [0.15, 0.2) is 47.5 Å². The maximum atomic E-state index is 13.7. The number of carbonyl (C=O) groups excluding carboxylic acids is 1. The van der Waals surface area contributed by atoms with E-state index >= 15 is 0 Å². The summed E-state index contributed by atoms with van der Waals surface area (Å²) in [5.41, 5.74) is -0.258. The molecule has 0 radical (unpaired) electrons. The van der Waals surface area contributed by atoms with Gasteiger partial charge in [-0.05, 0) is 102 Å². The van der Waals surface area contributed by atoms with Crippen LogP contribution in [0.3, 0.4) is 0 Å². The predicted octanol–water partition coefficient (Wildman–Crippen LogP) is 4.83. The highest BCUT2D eigenvalue weighted by atomic mass is 32.2. The summed E-state index contributed by atoms with van der Waals surface area (Å²) in [5.74, 6) is -0.0305. The molecule has 1 unspecified atom stereocenters. The molecule has 0 spiro atoms. The van der Waals surface area contributed by atoms with Crippen molar-refractivity contribution in [1.29, 1.82) is 0 Å². The Morgan fingerprint density at radius 3 is 2.40 bits per heavy atom. The average Bonchev–Trinajstić information content (AvgIpc) is 3.48. The van der Waals surface area contributed by atoms with E-state index in [1.54, 1.807) is 0 Å². The number of likely N-dealkylation sites (tertiary alicyclic amines) is 1. The number of rotatable bonds is 8. The molecule has 1 aliphatic carbocycles. The number of hydrogen-bond donors (Lipinski definition) is 0. The molecule has 12 heteroatoms. The zero-order valence-electron chi connectivity index (χ0n) is 25.3. The van der Waals surface area contributed by atoms with Gasteiger partial charge in [0.1, 0.15) is 0 Å². The quantitative estimate of drug-likeness (QED) is 0.422. The monoisotopic (exact) mass is 623 g/mol. The number of sulfonamides is 1. The summed E-state index contributed by atoms with van der Waals surface area (Å²) in [6.07, 6.45) is 4.04. The van der Waals surface area contributed by atoms with Crippen LogP contribution in [0.5, 0.6) is 0 Å². The van der Waals surface area contributed by atoms with Gasteiger partial charge in [-0.25, -0.2) is 8.42 Å². The molecular formula is C31H44F3N5O3S. The molecule has 0 N–H and O–H groups in total. The van der Waals surface area contributed by atoms with Crippen molar-refractivity contribution in [3.05, 3.63) is 53.9 Å². The van der Waals surface area contributed by atoms with E-state index in [9.17, 15) is 26.4 Å². The summed E-state index contributed by atoms with van der Waals surface area (Å²) in [4.78, 5) is 19.9. The molecule has 3 aliphatic rings. The lowest BCUT2D eigenvalue weighted by Gasteiger charge is -2.44. The van der Waals surface area contributed by atoms with E-state index in [0.29, 0.717) is 24.7 Å². The number of alkyl halides is 3. The van der Waals surface area contributed by atoms with E-state index in [1.165, 1.54) is 10.4 Å². The fraction of sp³-hybridized carbons (Fsp3) is 0.645. The number of carbonyl (C=O) groups is 1. The third-order valence-electron chi connectivity index (χ3n) is 9.82. The van der Waals surface area contributed by atoms with Gasteiger partial charge in [0.2, 0.25) is 15.9 Å². The lowest BCUT2D eigenvalue weighted by Crippen LogP contribution is -2.50. The molecular weight excluding hydrogens is 579 g/mol. The highest BCUT2D eigenvalue weighted by Crippen LogP contribution is 2.37. The number of benzene rings is 1. The molecule has 5 rings (SSSR count). The number of amides is 1. The van der Waals surface area contributed by atoms with Crippen LogP contribution in [-0.4, -0.2) is 96.8 Å². The van der Waals surface area contributed by atoms with Gasteiger partial charge in [-0.2, -0.15) is 17.5 Å². The van der Waals surface area contributed by atoms with Gasteiger partial charge in [0.05, 0.1) is 16.5 Å². The van der Waals surface area contributed by atoms with Gasteiger partial charge in [-0.15, -0.1) is 0 Å². The predicted molar refractivity (Wildman–Crippen MR) is 159 cm³/mol. The van der Waals surface area contributed by atoms with E-state index in [0.717, 1.165) is 69.4 Å². The van der Waals surface area contributed by atoms with Gasteiger partial charge in [0.25, 0.3) is 0 Å². The van der Waals surface area contributed by atoms with Crippen molar-refractivity contribution in [2.24, 2.45) is 0 Å². The topological polar surface area (TPSA) is 69.1 Å². The Bertz CT molecular complexity index is 1370. The summed E-state index contributed by atoms with van der Waals surface area (Å²) in [6.45, 7) is 2.66. The lowest BCUT2D eigenvalue weighted by atomic mass is 9.87. The van der Waals surface area contributed by atoms with Crippen molar-refractivity contribution in [1.82, 2.24) is 23.6 Å². The molecule has 1 aromatic carbocycles. The third-order valence-corrected chi connectivity index (χ3v) is 11.7. The number of hydrogen-bond acceptors (Lipinski definition) is 5. The summed E-state index contributed by atoms with van der Waals surface area (Å²) in [5, 5.41) is 0. The van der Waals surface area contributed by atoms with E-state index in [2.05, 4.69) is 23.9 Å². The maximum absolute atomic E-state index is 13.7. The van der Waals surface area contributed by atoms with Crippen LogP contribution in [0.4, 0.5) is 13.2 Å². The van der Waals surface area contributed by atoms with Crippen LogP contribution < -0.4 is 0 Å². The number of aromatic nitrogens is 1. The Hall–Kier alpha value is -2.41. The van der Waals surface area contributed by atoms with Gasteiger partial charge >= 0.3 is 6.18 Å². The number of nitrogens with zero attached hydrogens (tertiary/aromatic N) is 5. The largest absolute Gasteiger partial charge is 0.416 e. The first-order valence-electron chi connectivity index (χ1n) is 15.4. The van der Waals surface area contributed by atoms with Gasteiger partial charge in [-0.1, -0.05) is 6.07 Å². The minimum absolute atomic E-state index is 0.0305. The second-order valence-corrected chi connectivity index (χ2v) is 14.4. The molecule has 1 aromatic heterocycles. The molecule has 3 heterocycles. The zero-order valence-corrected chi connectivity index (χ0v) is 26.2. The van der Waals surface area contributed by atoms with E-state index < -0.39 is 32.7 Å². The maximum Gasteiger partial charge on any atom is 0.416 e. The molecule has 2 aromatic rings. The van der Waals surface area contributed by atoms with Crippen molar-refractivity contribution in [3.8, 4) is 0 Å². The molecule has 1 amide bonds. The highest BCUT2D eigenvalue weighted by Gasteiger charge is 2.39. The van der Waals surface area contributed by atoms with E-state index in [4.69, 9.17) is 0 Å². The zero-order chi connectivity index (χ0) is 30.9. The van der Waals surface area contributed by atoms with Crippen molar-refractivity contribution in [2.45, 2.75) is 93.2 Å². The summed E-state index contributed by atoms with van der Waals surface area (Å²) in [7, 11) is 1.89. The van der Waals surface area contributed by atoms with Crippen molar-refractivity contribution in [2.75, 3.05) is 40.8 Å². The number of piperidine rings is 1. The highest BCUT2D eigenvalue weighted by molar-refractivity contribution is 7.89. The Kier molecular flexibility index (Phi) is 9.60. The molecule has 43 heavy (non-hydrogen) atoms. The summed E-state index contributed by atoms with van der Waals surface area (Å²) < 4.78 is 70.8. The molecule has 2 aliphatic heterocycles. The van der Waals surface area contributed by atoms with Crippen LogP contribution in [0.1, 0.15) is 68.7 Å². The van der Waals surface area contributed by atoms with Gasteiger partial charge in [-0.3, -0.25) is 4.79 Å². The minimum Gasteiger partial charge on any atom is -0.349 e. The van der Waals surface area contributed by atoms with Crippen molar-refractivity contribution < 1.29 is 26.4 Å². The Labute approximate surface area is 253 Å². The molecule has 1 saturated carbocycles. The van der Waals surface area contributed by atoms with Crippen LogP contribution in [0.25, 0.3) is 0 Å². The lowest BCUT2D eigenvalue weighted by molar-refractivity contribution is -0.137. The number of fused-ring (bicyclic) bond motifs is 1. The fourth-order valence-corrected chi connectivity index (χ4v) is 8.89. The SMILES string of the molecule is CN(C)C1CCN([C@@H]2CCC[C@H](N(C)C(=O)CCC3c4cccn4CCN3S(=O)(=O)c3cccc(C(F)(F)F)c3)C2)CC1. The summed E-state index contributed by atoms with van der Waals surface area (Å²) >= 11 is 0. The molecule has 2 fully saturated rings. The first kappa shape index (κ1) is 32.0. The Morgan fingerprint density at radius 1 is 0.953 bits per heavy atom. The second kappa shape index (κ2) is 12.9. The first-order valence-corrected chi connectivity index (χ1v) is 16.8. The van der Waals surface area contributed by atoms with Crippen LogP contribution in [-0.2, 0) is 27.5 Å². The Balaban J connectivity index is 1.26. The normalized spacial score (nSPS) is 24.7. The van der Waals surface area contributed by atoms with Crippen LogP contribution >= 0.6 is 0 Å². The van der Waals surface area contributed by atoms with Crippen molar-refractivity contribution in [3.63, 3.8) is 0 Å². The average molecular weight is 624 g/mol. The Morgan fingerprint density at radius 2 is 1.70 bits per heavy atom. The van der Waals surface area contributed by atoms with Gasteiger partial charge in [0.15, 0.2) is 0 Å². The number of halogens is 3. The smallest absolute Gasteiger partial charge is 0.349 e. The molecule has 1 saturated heterocycles. The first-order chi connectivity index (χ1) is 20.4. The van der Waals surface area contributed by atoms with Crippen LogP contribution in [0.2, 0.25) is 0 Å². The molecule has 238 valence electrons. The standard InChI is InChI=1S/C31H44F3N5O3S/c1-35(2)24-14-17-37(18-15-24)26-9-5-8-25(22-26)36(3)30(40)13-12-29-28-11-6-16-38(28)19-20-39(29)43(41,42)27-10-4-7-23(21-27)31(32,33)34/h4,6-7,10-11,16,21,24-26,29H,5,8-9,12-15,17-20,22H2,1-3H3/t25-,26+,29?/m0/s1. The molecule has 8 nitrogen and oxygen atoms in total.